The highest BCUT2D eigenvalue weighted by atomic mass is 16.4. The highest BCUT2D eigenvalue weighted by Gasteiger charge is 2.20. The highest BCUT2D eigenvalue weighted by Crippen LogP contribution is 2.28. The van der Waals surface area contributed by atoms with Crippen molar-refractivity contribution in [2.24, 2.45) is 5.18 Å². The summed E-state index contributed by atoms with van der Waals surface area (Å²) < 4.78 is 0. The summed E-state index contributed by atoms with van der Waals surface area (Å²) in [5.41, 5.74) is -0.0166. The van der Waals surface area contributed by atoms with Gasteiger partial charge in [0.15, 0.2) is 5.78 Å². The normalized spacial score (nSPS) is 10.2. The standard InChI is InChI=1S/C18H16N2O6/c1-2-19-18(25)11-4-5-12(14(9-11)20-26)17(24)13-7-10(8-16(22)23)3-6-15(13)21/h3-7,9,21H,2,8H2,1H3,(H,19,25)(H,22,23). The maximum absolute atomic E-state index is 12.7. The number of carboxylic acids is 1. The number of ketones is 1. The maximum atomic E-state index is 12.7. The van der Waals surface area contributed by atoms with E-state index in [1.807, 2.05) is 0 Å². The molecule has 0 unspecified atom stereocenters. The van der Waals surface area contributed by atoms with Crippen LogP contribution in [0.15, 0.2) is 41.6 Å². The Morgan fingerprint density at radius 1 is 1.08 bits per heavy atom. The lowest BCUT2D eigenvalue weighted by Crippen LogP contribution is -2.22. The first-order valence-electron chi connectivity index (χ1n) is 7.71. The van der Waals surface area contributed by atoms with E-state index in [0.29, 0.717) is 12.1 Å². The third kappa shape index (κ3) is 4.10. The third-order valence-electron chi connectivity index (χ3n) is 3.60. The van der Waals surface area contributed by atoms with Gasteiger partial charge in [-0.05, 0) is 48.0 Å². The van der Waals surface area contributed by atoms with Crippen LogP contribution in [0, 0.1) is 4.91 Å². The number of rotatable bonds is 7. The molecule has 8 nitrogen and oxygen atoms in total. The summed E-state index contributed by atoms with van der Waals surface area (Å²) in [4.78, 5) is 46.5. The predicted molar refractivity (Wildman–Crippen MR) is 92.8 cm³/mol. The van der Waals surface area contributed by atoms with Gasteiger partial charge in [0.1, 0.15) is 11.4 Å². The topological polar surface area (TPSA) is 133 Å². The number of carbonyl (C=O) groups excluding carboxylic acids is 2. The summed E-state index contributed by atoms with van der Waals surface area (Å²) in [6.07, 6.45) is -0.324. The first kappa shape index (κ1) is 18.8. The molecule has 0 saturated heterocycles. The van der Waals surface area contributed by atoms with Crippen LogP contribution < -0.4 is 5.32 Å². The lowest BCUT2D eigenvalue weighted by atomic mass is 9.97. The van der Waals surface area contributed by atoms with E-state index < -0.39 is 17.7 Å². The van der Waals surface area contributed by atoms with Gasteiger partial charge in [-0.15, -0.1) is 4.91 Å². The quantitative estimate of drug-likeness (QED) is 0.515. The molecule has 0 aliphatic carbocycles. The van der Waals surface area contributed by atoms with Gasteiger partial charge in [0.05, 0.1) is 17.5 Å². The summed E-state index contributed by atoms with van der Waals surface area (Å²) in [7, 11) is 0. The molecular weight excluding hydrogens is 340 g/mol. The Labute approximate surface area is 148 Å². The molecule has 0 aliphatic rings. The van der Waals surface area contributed by atoms with E-state index in [9.17, 15) is 24.4 Å². The summed E-state index contributed by atoms with van der Waals surface area (Å²) in [6.45, 7) is 2.13. The molecule has 1 amide bonds. The summed E-state index contributed by atoms with van der Waals surface area (Å²) in [5, 5.41) is 24.1. The molecule has 0 bridgehead atoms. The minimum atomic E-state index is -1.09. The van der Waals surface area contributed by atoms with E-state index in [1.54, 1.807) is 6.92 Å². The minimum absolute atomic E-state index is 0.101. The lowest BCUT2D eigenvalue weighted by molar-refractivity contribution is -0.136. The Bertz CT molecular complexity index is 891. The fourth-order valence-electron chi connectivity index (χ4n) is 2.40. The molecule has 0 radical (unpaired) electrons. The zero-order valence-corrected chi connectivity index (χ0v) is 13.9. The molecule has 0 atom stereocenters. The van der Waals surface area contributed by atoms with Crippen LogP contribution in [0.5, 0.6) is 5.75 Å². The number of nitroso groups, excluding NO2 is 1. The number of hydrogen-bond acceptors (Lipinski definition) is 6. The van der Waals surface area contributed by atoms with Crippen molar-refractivity contribution in [2.45, 2.75) is 13.3 Å². The monoisotopic (exact) mass is 356 g/mol. The average Bonchev–Trinajstić information content (AvgIpc) is 2.62. The molecule has 2 aromatic carbocycles. The molecule has 134 valence electrons. The van der Waals surface area contributed by atoms with Crippen LogP contribution in [-0.2, 0) is 11.2 Å². The Morgan fingerprint density at radius 2 is 1.81 bits per heavy atom. The van der Waals surface area contributed by atoms with Crippen molar-refractivity contribution in [1.29, 1.82) is 0 Å². The van der Waals surface area contributed by atoms with Crippen molar-refractivity contribution >= 4 is 23.3 Å². The van der Waals surface area contributed by atoms with E-state index in [0.717, 1.165) is 0 Å². The van der Waals surface area contributed by atoms with Gasteiger partial charge in [0.25, 0.3) is 5.91 Å². The lowest BCUT2D eigenvalue weighted by Gasteiger charge is -2.09. The molecule has 3 N–H and O–H groups in total. The summed E-state index contributed by atoms with van der Waals surface area (Å²) >= 11 is 0. The number of nitrogens with zero attached hydrogens (tertiary/aromatic N) is 1. The molecule has 0 aliphatic heterocycles. The molecule has 26 heavy (non-hydrogen) atoms. The van der Waals surface area contributed by atoms with Gasteiger partial charge in [0.2, 0.25) is 0 Å². The van der Waals surface area contributed by atoms with Gasteiger partial charge in [-0.3, -0.25) is 14.4 Å². The Hall–Kier alpha value is -3.55. The number of benzene rings is 2. The second-order valence-electron chi connectivity index (χ2n) is 5.43. The maximum Gasteiger partial charge on any atom is 0.307 e. The molecule has 0 heterocycles. The molecule has 0 spiro atoms. The number of carboxylic acid groups (broad SMARTS) is 1. The first-order valence-corrected chi connectivity index (χ1v) is 7.71. The van der Waals surface area contributed by atoms with Gasteiger partial charge in [-0.2, -0.15) is 0 Å². The number of amides is 1. The van der Waals surface area contributed by atoms with Crippen LogP contribution in [0.4, 0.5) is 5.69 Å². The number of hydrogen-bond donors (Lipinski definition) is 3. The minimum Gasteiger partial charge on any atom is -0.507 e. The zero-order chi connectivity index (χ0) is 19.3. The zero-order valence-electron chi connectivity index (χ0n) is 13.9. The van der Waals surface area contributed by atoms with E-state index in [1.165, 1.54) is 36.4 Å². The van der Waals surface area contributed by atoms with E-state index >= 15 is 0 Å². The fraction of sp³-hybridized carbons (Fsp3) is 0.167. The molecule has 2 rings (SSSR count). The Balaban J connectivity index is 2.45. The number of nitrogens with one attached hydrogen (secondary N) is 1. The average molecular weight is 356 g/mol. The summed E-state index contributed by atoms with van der Waals surface area (Å²) in [6, 6.07) is 7.67. The Morgan fingerprint density at radius 3 is 2.42 bits per heavy atom. The molecule has 0 fully saturated rings. The van der Waals surface area contributed by atoms with E-state index in [4.69, 9.17) is 5.11 Å². The second kappa shape index (κ2) is 8.02. The smallest absolute Gasteiger partial charge is 0.307 e. The molecule has 0 saturated carbocycles. The number of phenolic OH excluding ortho intramolecular Hbond substituents is 1. The van der Waals surface area contributed by atoms with Gasteiger partial charge in [-0.25, -0.2) is 0 Å². The van der Waals surface area contributed by atoms with Crippen LogP contribution in [0.25, 0.3) is 0 Å². The number of phenols is 1. The van der Waals surface area contributed by atoms with Crippen LogP contribution >= 0.6 is 0 Å². The largest absolute Gasteiger partial charge is 0.507 e. The van der Waals surface area contributed by atoms with Crippen molar-refractivity contribution in [3.05, 3.63) is 63.6 Å². The van der Waals surface area contributed by atoms with E-state index in [-0.39, 0.29) is 34.5 Å². The molecule has 8 heteroatoms. The molecule has 2 aromatic rings. The fourth-order valence-corrected chi connectivity index (χ4v) is 2.40. The number of aromatic hydroxyl groups is 1. The van der Waals surface area contributed by atoms with Gasteiger partial charge in [-0.1, -0.05) is 6.07 Å². The van der Waals surface area contributed by atoms with Crippen molar-refractivity contribution < 1.29 is 24.6 Å². The van der Waals surface area contributed by atoms with Crippen molar-refractivity contribution in [1.82, 2.24) is 5.32 Å². The van der Waals surface area contributed by atoms with Crippen molar-refractivity contribution in [3.63, 3.8) is 0 Å². The predicted octanol–water partition coefficient (Wildman–Crippen LogP) is 2.40. The van der Waals surface area contributed by atoms with Crippen LogP contribution in [0.3, 0.4) is 0 Å². The van der Waals surface area contributed by atoms with Crippen molar-refractivity contribution in [2.75, 3.05) is 6.54 Å². The Kier molecular flexibility index (Phi) is 5.79. The highest BCUT2D eigenvalue weighted by molar-refractivity contribution is 6.14. The van der Waals surface area contributed by atoms with E-state index in [2.05, 4.69) is 10.5 Å². The molecular formula is C18H16N2O6. The van der Waals surface area contributed by atoms with Gasteiger partial charge in [0, 0.05) is 12.1 Å². The molecule has 0 aromatic heterocycles. The van der Waals surface area contributed by atoms with Crippen LogP contribution in [0.1, 0.15) is 38.8 Å². The summed E-state index contributed by atoms with van der Waals surface area (Å²) in [5.74, 6) is -2.56. The van der Waals surface area contributed by atoms with Crippen molar-refractivity contribution in [3.8, 4) is 5.75 Å². The number of aliphatic carboxylic acids is 1. The third-order valence-corrected chi connectivity index (χ3v) is 3.60. The SMILES string of the molecule is CCNC(=O)c1ccc(C(=O)c2cc(CC(=O)O)ccc2O)c(N=O)c1. The van der Waals surface area contributed by atoms with Crippen LogP contribution in [0.2, 0.25) is 0 Å². The first-order chi connectivity index (χ1) is 12.4. The van der Waals surface area contributed by atoms with Crippen LogP contribution in [-0.4, -0.2) is 34.4 Å². The van der Waals surface area contributed by atoms with Gasteiger partial charge < -0.3 is 15.5 Å². The second-order valence-corrected chi connectivity index (χ2v) is 5.43. The van der Waals surface area contributed by atoms with Gasteiger partial charge >= 0.3 is 5.97 Å². The number of carbonyl (C=O) groups is 3.